The van der Waals surface area contributed by atoms with E-state index in [1.165, 1.54) is 7.11 Å². The van der Waals surface area contributed by atoms with Gasteiger partial charge in [-0.25, -0.2) is 0 Å². The number of primary amides is 1. The Morgan fingerprint density at radius 3 is 2.40 bits per heavy atom. The minimum atomic E-state index is -1.26. The molecular formula is C14H21N3O3. The van der Waals surface area contributed by atoms with E-state index >= 15 is 0 Å². The number of hydrogen-bond donors (Lipinski definition) is 3. The zero-order valence-electron chi connectivity index (χ0n) is 11.8. The van der Waals surface area contributed by atoms with E-state index in [9.17, 15) is 9.59 Å². The van der Waals surface area contributed by atoms with Crippen molar-refractivity contribution in [2.75, 3.05) is 13.7 Å². The van der Waals surface area contributed by atoms with Crippen molar-refractivity contribution >= 4 is 11.8 Å². The number of benzene rings is 1. The molecule has 0 aromatic heterocycles. The third-order valence-electron chi connectivity index (χ3n) is 3.24. The molecule has 6 heteroatoms. The molecule has 1 aromatic carbocycles. The van der Waals surface area contributed by atoms with E-state index in [2.05, 4.69) is 5.32 Å². The van der Waals surface area contributed by atoms with Crippen LogP contribution in [0.5, 0.6) is 0 Å². The van der Waals surface area contributed by atoms with Gasteiger partial charge in [0.2, 0.25) is 11.8 Å². The van der Waals surface area contributed by atoms with Crippen LogP contribution in [-0.2, 0) is 19.9 Å². The molecule has 0 heterocycles. The number of carbonyl (C=O) groups excluding carboxylic acids is 2. The average molecular weight is 279 g/mol. The summed E-state index contributed by atoms with van der Waals surface area (Å²) < 4.78 is 5.05. The highest BCUT2D eigenvalue weighted by Crippen LogP contribution is 2.20. The fourth-order valence-corrected chi connectivity index (χ4v) is 1.85. The van der Waals surface area contributed by atoms with Crippen molar-refractivity contribution in [1.82, 2.24) is 5.32 Å². The predicted molar refractivity (Wildman–Crippen MR) is 75.6 cm³/mol. The van der Waals surface area contributed by atoms with Crippen LogP contribution in [0.25, 0.3) is 0 Å². The Kier molecular flexibility index (Phi) is 5.66. The van der Waals surface area contributed by atoms with Gasteiger partial charge in [0.05, 0.1) is 12.5 Å². The van der Waals surface area contributed by atoms with Gasteiger partial charge in [-0.1, -0.05) is 30.3 Å². The summed E-state index contributed by atoms with van der Waals surface area (Å²) in [6.07, 6.45) is -0.314. The van der Waals surface area contributed by atoms with Crippen molar-refractivity contribution in [2.24, 2.45) is 11.5 Å². The van der Waals surface area contributed by atoms with Crippen LogP contribution < -0.4 is 16.8 Å². The molecule has 5 N–H and O–H groups in total. The molecule has 0 aliphatic rings. The summed E-state index contributed by atoms with van der Waals surface area (Å²) in [7, 11) is 1.48. The number of ether oxygens (including phenoxy) is 1. The highest BCUT2D eigenvalue weighted by molar-refractivity contribution is 5.91. The molecule has 0 aliphatic heterocycles. The first-order chi connectivity index (χ1) is 9.43. The Hall–Kier alpha value is -1.92. The zero-order valence-corrected chi connectivity index (χ0v) is 11.8. The molecule has 6 nitrogen and oxygen atoms in total. The van der Waals surface area contributed by atoms with E-state index in [-0.39, 0.29) is 25.0 Å². The number of rotatable bonds is 7. The Bertz CT molecular complexity index is 460. The number of nitrogens with two attached hydrogens (primary N) is 2. The van der Waals surface area contributed by atoms with Gasteiger partial charge in [-0.3, -0.25) is 9.59 Å². The molecule has 0 radical (unpaired) electrons. The molecule has 0 fully saturated rings. The standard InChI is InChI=1S/C14H21N3O3/c1-14(13(16)19,10-6-4-3-5-7-10)17-12(18)8-11(9-15)20-2/h3-7,11H,8-9,15H2,1-2H3,(H2,16,19)(H,17,18). The highest BCUT2D eigenvalue weighted by atomic mass is 16.5. The van der Waals surface area contributed by atoms with Crippen LogP contribution in [0.15, 0.2) is 30.3 Å². The lowest BCUT2D eigenvalue weighted by molar-refractivity contribution is -0.132. The van der Waals surface area contributed by atoms with Gasteiger partial charge in [0, 0.05) is 13.7 Å². The topological polar surface area (TPSA) is 107 Å². The van der Waals surface area contributed by atoms with Crippen LogP contribution in [0.1, 0.15) is 18.9 Å². The van der Waals surface area contributed by atoms with E-state index in [1.807, 2.05) is 6.07 Å². The van der Waals surface area contributed by atoms with Crippen molar-refractivity contribution in [2.45, 2.75) is 25.0 Å². The maximum absolute atomic E-state index is 12.0. The Morgan fingerprint density at radius 1 is 1.35 bits per heavy atom. The Morgan fingerprint density at radius 2 is 1.95 bits per heavy atom. The van der Waals surface area contributed by atoms with Crippen LogP contribution in [0, 0.1) is 0 Å². The molecule has 2 atom stereocenters. The van der Waals surface area contributed by atoms with Crippen LogP contribution >= 0.6 is 0 Å². The Labute approximate surface area is 118 Å². The predicted octanol–water partition coefficient (Wildman–Crippen LogP) is -0.133. The smallest absolute Gasteiger partial charge is 0.247 e. The molecule has 0 saturated heterocycles. The van der Waals surface area contributed by atoms with Crippen molar-refractivity contribution in [3.63, 3.8) is 0 Å². The average Bonchev–Trinajstić information content (AvgIpc) is 2.45. The van der Waals surface area contributed by atoms with Crippen LogP contribution in [0.2, 0.25) is 0 Å². The van der Waals surface area contributed by atoms with Gasteiger partial charge < -0.3 is 21.5 Å². The van der Waals surface area contributed by atoms with E-state index < -0.39 is 11.4 Å². The number of nitrogens with one attached hydrogen (secondary N) is 1. The lowest BCUT2D eigenvalue weighted by Crippen LogP contribution is -2.53. The maximum Gasteiger partial charge on any atom is 0.247 e. The molecule has 0 saturated carbocycles. The maximum atomic E-state index is 12.0. The molecule has 1 aromatic rings. The monoisotopic (exact) mass is 279 g/mol. The van der Waals surface area contributed by atoms with Crippen molar-refractivity contribution in [1.29, 1.82) is 0 Å². The van der Waals surface area contributed by atoms with E-state index in [1.54, 1.807) is 31.2 Å². The summed E-state index contributed by atoms with van der Waals surface area (Å²) in [6.45, 7) is 1.80. The molecule has 2 unspecified atom stereocenters. The molecule has 0 aliphatic carbocycles. The summed E-state index contributed by atoms with van der Waals surface area (Å²) in [6, 6.07) is 8.85. The molecule has 0 bridgehead atoms. The molecule has 2 amide bonds. The molecule has 110 valence electrons. The fraction of sp³-hybridized carbons (Fsp3) is 0.429. The summed E-state index contributed by atoms with van der Waals surface area (Å²) in [4.78, 5) is 23.7. The van der Waals surface area contributed by atoms with E-state index in [4.69, 9.17) is 16.2 Å². The van der Waals surface area contributed by atoms with Crippen LogP contribution in [0.4, 0.5) is 0 Å². The first-order valence-corrected chi connectivity index (χ1v) is 6.33. The van der Waals surface area contributed by atoms with Crippen molar-refractivity contribution < 1.29 is 14.3 Å². The normalized spacial score (nSPS) is 15.2. The molecule has 20 heavy (non-hydrogen) atoms. The second-order valence-electron chi connectivity index (χ2n) is 4.70. The SMILES string of the molecule is COC(CN)CC(=O)NC(C)(C(N)=O)c1ccccc1. The third-order valence-corrected chi connectivity index (χ3v) is 3.24. The summed E-state index contributed by atoms with van der Waals surface area (Å²) in [5.74, 6) is -0.966. The quantitative estimate of drug-likeness (QED) is 0.646. The van der Waals surface area contributed by atoms with Gasteiger partial charge >= 0.3 is 0 Å². The summed E-state index contributed by atoms with van der Waals surface area (Å²) in [5.41, 5.74) is 10.3. The second kappa shape index (κ2) is 7.02. The Balaban J connectivity index is 2.88. The lowest BCUT2D eigenvalue weighted by Gasteiger charge is -2.28. The van der Waals surface area contributed by atoms with E-state index in [0.29, 0.717) is 5.56 Å². The van der Waals surface area contributed by atoms with Gasteiger partial charge in [-0.2, -0.15) is 0 Å². The molecular weight excluding hydrogens is 258 g/mol. The minimum Gasteiger partial charge on any atom is -0.380 e. The molecule has 0 spiro atoms. The second-order valence-corrected chi connectivity index (χ2v) is 4.70. The molecule has 1 rings (SSSR count). The zero-order chi connectivity index (χ0) is 15.2. The van der Waals surface area contributed by atoms with Gasteiger partial charge in [0.25, 0.3) is 0 Å². The first kappa shape index (κ1) is 16.1. The first-order valence-electron chi connectivity index (χ1n) is 6.33. The number of carbonyl (C=O) groups is 2. The summed E-state index contributed by atoms with van der Waals surface area (Å²) >= 11 is 0. The van der Waals surface area contributed by atoms with Gasteiger partial charge in [-0.15, -0.1) is 0 Å². The fourth-order valence-electron chi connectivity index (χ4n) is 1.85. The van der Waals surface area contributed by atoms with Gasteiger partial charge in [0.15, 0.2) is 0 Å². The van der Waals surface area contributed by atoms with E-state index in [0.717, 1.165) is 0 Å². The van der Waals surface area contributed by atoms with Crippen LogP contribution in [-0.4, -0.2) is 31.6 Å². The number of methoxy groups -OCH3 is 1. The largest absolute Gasteiger partial charge is 0.380 e. The lowest BCUT2D eigenvalue weighted by atomic mass is 9.91. The number of hydrogen-bond acceptors (Lipinski definition) is 4. The third kappa shape index (κ3) is 3.79. The van der Waals surface area contributed by atoms with Crippen molar-refractivity contribution in [3.8, 4) is 0 Å². The van der Waals surface area contributed by atoms with Gasteiger partial charge in [-0.05, 0) is 12.5 Å². The van der Waals surface area contributed by atoms with Crippen molar-refractivity contribution in [3.05, 3.63) is 35.9 Å². The highest BCUT2D eigenvalue weighted by Gasteiger charge is 2.35. The van der Waals surface area contributed by atoms with Gasteiger partial charge in [0.1, 0.15) is 5.54 Å². The van der Waals surface area contributed by atoms with Crippen LogP contribution in [0.3, 0.4) is 0 Å². The number of amides is 2. The summed E-state index contributed by atoms with van der Waals surface area (Å²) in [5, 5.41) is 2.66. The minimum absolute atomic E-state index is 0.0721.